The molecule has 1 amide bonds. The fourth-order valence-electron chi connectivity index (χ4n) is 1.68. The van der Waals surface area contributed by atoms with Crippen LogP contribution in [0.2, 0.25) is 0 Å². The van der Waals surface area contributed by atoms with Gasteiger partial charge in [-0.25, -0.2) is 5.10 Å². The fourth-order valence-corrected chi connectivity index (χ4v) is 2.07. The highest BCUT2D eigenvalue weighted by Gasteiger charge is 2.13. The van der Waals surface area contributed by atoms with Crippen molar-refractivity contribution < 1.29 is 9.00 Å². The molecular formula is C12H13N3O3S. The van der Waals surface area contributed by atoms with E-state index in [0.29, 0.717) is 23.1 Å². The highest BCUT2D eigenvalue weighted by molar-refractivity contribution is 7.84. The monoisotopic (exact) mass is 279 g/mol. The maximum absolute atomic E-state index is 12.0. The second-order valence-corrected chi connectivity index (χ2v) is 5.53. The highest BCUT2D eigenvalue weighted by atomic mass is 32.2. The number of aromatic amines is 1. The number of carbonyl (C=O) groups excluding carboxylic acids is 1. The van der Waals surface area contributed by atoms with Crippen LogP contribution in [-0.2, 0) is 10.8 Å². The molecule has 1 aromatic heterocycles. The van der Waals surface area contributed by atoms with Crippen molar-refractivity contribution in [1.29, 1.82) is 0 Å². The number of benzene rings is 1. The molecule has 19 heavy (non-hydrogen) atoms. The third-order valence-corrected chi connectivity index (χ3v) is 3.37. The fraction of sp³-hybridized carbons (Fsp3) is 0.250. The van der Waals surface area contributed by atoms with Gasteiger partial charge in [0, 0.05) is 34.7 Å². The minimum absolute atomic E-state index is 0.164. The lowest BCUT2D eigenvalue weighted by molar-refractivity contribution is 0.0952. The second-order valence-electron chi connectivity index (χ2n) is 3.98. The van der Waals surface area contributed by atoms with Crippen molar-refractivity contribution in [2.75, 3.05) is 18.6 Å². The molecule has 0 bridgehead atoms. The molecule has 2 N–H and O–H groups in total. The molecule has 6 nitrogen and oxygen atoms in total. The first-order chi connectivity index (χ1) is 9.09. The molecule has 0 spiro atoms. The number of hydrogen-bond acceptors (Lipinski definition) is 4. The summed E-state index contributed by atoms with van der Waals surface area (Å²) in [4.78, 5) is 23.5. The summed E-state index contributed by atoms with van der Waals surface area (Å²) in [6.07, 6.45) is 1.57. The summed E-state index contributed by atoms with van der Waals surface area (Å²) >= 11 is 0. The summed E-state index contributed by atoms with van der Waals surface area (Å²) in [5.41, 5.74) is -0.168. The lowest BCUT2D eigenvalue weighted by Gasteiger charge is -2.05. The molecule has 0 radical (unpaired) electrons. The summed E-state index contributed by atoms with van der Waals surface area (Å²) in [6, 6.07) is 6.76. The average Bonchev–Trinajstić information content (AvgIpc) is 2.39. The Morgan fingerprint density at radius 3 is 2.74 bits per heavy atom. The molecule has 2 rings (SSSR count). The molecule has 0 saturated heterocycles. The summed E-state index contributed by atoms with van der Waals surface area (Å²) in [6.45, 7) is 0.303. The average molecular weight is 279 g/mol. The first kappa shape index (κ1) is 13.4. The van der Waals surface area contributed by atoms with E-state index in [1.54, 1.807) is 30.5 Å². The van der Waals surface area contributed by atoms with Gasteiger partial charge in [0.05, 0.1) is 5.39 Å². The van der Waals surface area contributed by atoms with Gasteiger partial charge in [-0.1, -0.05) is 18.2 Å². The van der Waals surface area contributed by atoms with Gasteiger partial charge in [-0.15, -0.1) is 0 Å². The van der Waals surface area contributed by atoms with Gasteiger partial charge in [0.15, 0.2) is 5.69 Å². The van der Waals surface area contributed by atoms with Gasteiger partial charge in [0.1, 0.15) is 0 Å². The van der Waals surface area contributed by atoms with E-state index in [1.165, 1.54) is 0 Å². The third kappa shape index (κ3) is 3.05. The minimum atomic E-state index is -0.962. The molecule has 100 valence electrons. The van der Waals surface area contributed by atoms with Crippen molar-refractivity contribution in [2.45, 2.75) is 0 Å². The first-order valence-corrected chi connectivity index (χ1v) is 7.38. The number of carbonyl (C=O) groups is 1. The second kappa shape index (κ2) is 5.75. The van der Waals surface area contributed by atoms with E-state index in [9.17, 15) is 13.8 Å². The van der Waals surface area contributed by atoms with Gasteiger partial charge in [-0.3, -0.25) is 13.8 Å². The summed E-state index contributed by atoms with van der Waals surface area (Å²) in [5.74, 6) is -0.00886. The molecule has 0 aliphatic carbocycles. The number of aromatic nitrogens is 2. The number of nitrogens with zero attached hydrogens (tertiary/aromatic N) is 1. The van der Waals surface area contributed by atoms with E-state index in [2.05, 4.69) is 15.5 Å². The molecule has 0 aliphatic heterocycles. The number of hydrogen-bond donors (Lipinski definition) is 2. The predicted octanol–water partition coefficient (Wildman–Crippen LogP) is 0.0314. The molecule has 0 aliphatic rings. The molecule has 1 unspecified atom stereocenters. The summed E-state index contributed by atoms with van der Waals surface area (Å²) in [5, 5.41) is 9.62. The maximum Gasteiger partial charge on any atom is 0.272 e. The summed E-state index contributed by atoms with van der Waals surface area (Å²) < 4.78 is 10.9. The van der Waals surface area contributed by atoms with E-state index in [0.717, 1.165) is 0 Å². The number of rotatable bonds is 4. The van der Waals surface area contributed by atoms with Crippen molar-refractivity contribution in [3.05, 3.63) is 40.3 Å². The molecule has 1 heterocycles. The Hall–Kier alpha value is -2.02. The molecular weight excluding hydrogens is 266 g/mol. The van der Waals surface area contributed by atoms with Crippen LogP contribution in [0.5, 0.6) is 0 Å². The Bertz CT molecular complexity index is 696. The quantitative estimate of drug-likeness (QED) is 0.826. The zero-order valence-electron chi connectivity index (χ0n) is 10.3. The molecule has 0 saturated carbocycles. The van der Waals surface area contributed by atoms with E-state index in [4.69, 9.17) is 0 Å². The van der Waals surface area contributed by atoms with Crippen LogP contribution in [-0.4, -0.2) is 38.9 Å². The van der Waals surface area contributed by atoms with Gasteiger partial charge in [0.25, 0.3) is 11.5 Å². The van der Waals surface area contributed by atoms with Gasteiger partial charge >= 0.3 is 0 Å². The van der Waals surface area contributed by atoms with Gasteiger partial charge in [-0.2, -0.15) is 5.10 Å². The molecule has 1 aromatic carbocycles. The lowest BCUT2D eigenvalue weighted by Crippen LogP contribution is -2.29. The standard InChI is InChI=1S/C12H13N3O3S/c1-19(18)7-6-13-12(17)10-8-4-2-3-5-9(8)11(16)15-14-10/h2-5H,6-7H2,1H3,(H,13,17)(H,15,16). The Morgan fingerprint density at radius 2 is 2.05 bits per heavy atom. The Morgan fingerprint density at radius 1 is 1.37 bits per heavy atom. The Balaban J connectivity index is 2.30. The van der Waals surface area contributed by atoms with Crippen LogP contribution in [0.1, 0.15) is 10.5 Å². The van der Waals surface area contributed by atoms with Crippen LogP contribution < -0.4 is 10.9 Å². The van der Waals surface area contributed by atoms with E-state index < -0.39 is 16.7 Å². The largest absolute Gasteiger partial charge is 0.350 e. The van der Waals surface area contributed by atoms with Crippen LogP contribution >= 0.6 is 0 Å². The predicted molar refractivity (Wildman–Crippen MR) is 73.6 cm³/mol. The van der Waals surface area contributed by atoms with Crippen LogP contribution in [0, 0.1) is 0 Å². The number of H-pyrrole nitrogens is 1. The van der Waals surface area contributed by atoms with Gasteiger partial charge in [0.2, 0.25) is 0 Å². The van der Waals surface area contributed by atoms with Crippen LogP contribution in [0.3, 0.4) is 0 Å². The summed E-state index contributed by atoms with van der Waals surface area (Å²) in [7, 11) is -0.962. The van der Waals surface area contributed by atoms with Crippen molar-refractivity contribution in [3.8, 4) is 0 Å². The van der Waals surface area contributed by atoms with Gasteiger partial charge < -0.3 is 5.32 Å². The number of fused-ring (bicyclic) bond motifs is 1. The normalized spacial score (nSPS) is 12.3. The van der Waals surface area contributed by atoms with E-state index in [-0.39, 0.29) is 11.3 Å². The zero-order valence-corrected chi connectivity index (χ0v) is 11.1. The van der Waals surface area contributed by atoms with Crippen molar-refractivity contribution in [1.82, 2.24) is 15.5 Å². The number of nitrogens with one attached hydrogen (secondary N) is 2. The van der Waals surface area contributed by atoms with Crippen molar-refractivity contribution in [2.24, 2.45) is 0 Å². The van der Waals surface area contributed by atoms with Crippen LogP contribution in [0.15, 0.2) is 29.1 Å². The third-order valence-electron chi connectivity index (χ3n) is 2.59. The number of amides is 1. The van der Waals surface area contributed by atoms with E-state index in [1.807, 2.05) is 0 Å². The van der Waals surface area contributed by atoms with Gasteiger partial charge in [-0.05, 0) is 6.07 Å². The van der Waals surface area contributed by atoms with E-state index >= 15 is 0 Å². The van der Waals surface area contributed by atoms with Crippen LogP contribution in [0.4, 0.5) is 0 Å². The van der Waals surface area contributed by atoms with Crippen LogP contribution in [0.25, 0.3) is 10.8 Å². The molecule has 2 aromatic rings. The van der Waals surface area contributed by atoms with Crippen molar-refractivity contribution in [3.63, 3.8) is 0 Å². The highest BCUT2D eigenvalue weighted by Crippen LogP contribution is 2.11. The zero-order chi connectivity index (χ0) is 13.8. The maximum atomic E-state index is 12.0. The first-order valence-electron chi connectivity index (χ1n) is 5.65. The smallest absolute Gasteiger partial charge is 0.272 e. The van der Waals surface area contributed by atoms with Crippen molar-refractivity contribution >= 4 is 27.5 Å². The minimum Gasteiger partial charge on any atom is -0.350 e. The SMILES string of the molecule is CS(=O)CCNC(=O)c1n[nH]c(=O)c2ccccc12. The molecule has 0 fully saturated rings. The topological polar surface area (TPSA) is 91.9 Å². The molecule has 1 atom stereocenters. The molecule has 7 heteroatoms. The Labute approximate surface area is 111 Å². The Kier molecular flexibility index (Phi) is 4.06. The lowest BCUT2D eigenvalue weighted by atomic mass is 10.1.